The molecule has 5 nitrogen and oxygen atoms in total. The van der Waals surface area contributed by atoms with E-state index in [0.29, 0.717) is 43.1 Å². The smallest absolute Gasteiger partial charge is 0.226 e. The Morgan fingerprint density at radius 2 is 2.16 bits per heavy atom. The van der Waals surface area contributed by atoms with E-state index < -0.39 is 0 Å². The number of aromatic nitrogens is 2. The van der Waals surface area contributed by atoms with Gasteiger partial charge in [-0.15, -0.1) is 0 Å². The molecule has 0 fully saturated rings. The van der Waals surface area contributed by atoms with Gasteiger partial charge in [0.05, 0.1) is 0 Å². The first-order valence-corrected chi connectivity index (χ1v) is 9.24. The van der Waals surface area contributed by atoms with Crippen LogP contribution in [0.5, 0.6) is 0 Å². The molecule has 7 heteroatoms. The third-order valence-corrected chi connectivity index (χ3v) is 4.38. The van der Waals surface area contributed by atoms with Gasteiger partial charge < -0.3 is 9.42 Å². The summed E-state index contributed by atoms with van der Waals surface area (Å²) >= 11 is 3.33. The zero-order valence-electron chi connectivity index (χ0n) is 14.8. The third-order valence-electron chi connectivity index (χ3n) is 3.88. The van der Waals surface area contributed by atoms with Crippen LogP contribution in [0.25, 0.3) is 0 Å². The van der Waals surface area contributed by atoms with E-state index in [9.17, 15) is 9.18 Å². The van der Waals surface area contributed by atoms with E-state index in [1.807, 2.05) is 20.8 Å². The summed E-state index contributed by atoms with van der Waals surface area (Å²) in [5.41, 5.74) is 0.503. The second kappa shape index (κ2) is 9.08. The maximum atomic E-state index is 13.9. The molecule has 0 N–H and O–H groups in total. The predicted molar refractivity (Wildman–Crippen MR) is 96.5 cm³/mol. The largest absolute Gasteiger partial charge is 0.339 e. The molecular weight excluding hydrogens is 389 g/mol. The second-order valence-corrected chi connectivity index (χ2v) is 7.11. The van der Waals surface area contributed by atoms with Crippen LogP contribution in [-0.4, -0.2) is 27.5 Å². The Morgan fingerprint density at radius 3 is 2.80 bits per heavy atom. The number of halogens is 2. The molecule has 0 aliphatic rings. The van der Waals surface area contributed by atoms with E-state index in [2.05, 4.69) is 26.1 Å². The van der Waals surface area contributed by atoms with Crippen molar-refractivity contribution in [3.63, 3.8) is 0 Å². The minimum Gasteiger partial charge on any atom is -0.339 e. The zero-order chi connectivity index (χ0) is 18.4. The summed E-state index contributed by atoms with van der Waals surface area (Å²) in [5.74, 6) is 1.14. The summed E-state index contributed by atoms with van der Waals surface area (Å²) in [6.07, 6.45) is 1.55. The van der Waals surface area contributed by atoms with Gasteiger partial charge in [0.2, 0.25) is 11.8 Å². The van der Waals surface area contributed by atoms with Gasteiger partial charge in [-0.25, -0.2) is 4.39 Å². The fraction of sp³-hybridized carbons (Fsp3) is 0.500. The quantitative estimate of drug-likeness (QED) is 0.642. The molecule has 0 saturated heterocycles. The van der Waals surface area contributed by atoms with Crippen molar-refractivity contribution in [2.45, 2.75) is 52.5 Å². The molecule has 1 heterocycles. The number of aryl methyl sites for hydroxylation is 1. The minimum atomic E-state index is -0.304. The molecule has 0 saturated carbocycles. The van der Waals surface area contributed by atoms with Crippen molar-refractivity contribution in [2.75, 3.05) is 6.54 Å². The lowest BCUT2D eigenvalue weighted by molar-refractivity contribution is -0.131. The molecular formula is C18H23BrFN3O2. The SMILES string of the molecule is CCN(Cc1cc(Br)ccc1F)C(=O)CCCc1nc(C(C)C)no1. The van der Waals surface area contributed by atoms with Gasteiger partial charge in [0.25, 0.3) is 0 Å². The van der Waals surface area contributed by atoms with Gasteiger partial charge in [-0.3, -0.25) is 4.79 Å². The summed E-state index contributed by atoms with van der Waals surface area (Å²) in [4.78, 5) is 18.4. The first kappa shape index (κ1) is 19.6. The monoisotopic (exact) mass is 411 g/mol. The fourth-order valence-corrected chi connectivity index (χ4v) is 2.81. The average Bonchev–Trinajstić information content (AvgIpc) is 3.04. The van der Waals surface area contributed by atoms with E-state index in [-0.39, 0.29) is 24.2 Å². The average molecular weight is 412 g/mol. The van der Waals surface area contributed by atoms with Crippen LogP contribution in [-0.2, 0) is 17.8 Å². The molecule has 0 aliphatic carbocycles. The van der Waals surface area contributed by atoms with Gasteiger partial charge >= 0.3 is 0 Å². The van der Waals surface area contributed by atoms with E-state index in [1.165, 1.54) is 6.07 Å². The number of carbonyl (C=O) groups excluding carboxylic acids is 1. The highest BCUT2D eigenvalue weighted by Gasteiger charge is 2.16. The molecule has 0 spiro atoms. The number of nitrogens with zero attached hydrogens (tertiary/aromatic N) is 3. The summed E-state index contributed by atoms with van der Waals surface area (Å²) in [6.45, 7) is 6.68. The van der Waals surface area contributed by atoms with Crippen molar-refractivity contribution >= 4 is 21.8 Å². The topological polar surface area (TPSA) is 59.2 Å². The van der Waals surface area contributed by atoms with Gasteiger partial charge in [0, 0.05) is 41.9 Å². The van der Waals surface area contributed by atoms with Crippen LogP contribution in [0.2, 0.25) is 0 Å². The first-order valence-electron chi connectivity index (χ1n) is 8.44. The first-order chi connectivity index (χ1) is 11.9. The molecule has 2 aromatic rings. The molecule has 25 heavy (non-hydrogen) atoms. The summed E-state index contributed by atoms with van der Waals surface area (Å²) in [6, 6.07) is 4.75. The Balaban J connectivity index is 1.87. The lowest BCUT2D eigenvalue weighted by atomic mass is 10.1. The molecule has 136 valence electrons. The highest BCUT2D eigenvalue weighted by molar-refractivity contribution is 9.10. The summed E-state index contributed by atoms with van der Waals surface area (Å²) in [7, 11) is 0. The minimum absolute atomic E-state index is 0.00882. The third kappa shape index (κ3) is 5.63. The van der Waals surface area contributed by atoms with Crippen molar-refractivity contribution in [3.8, 4) is 0 Å². The number of hydrogen-bond donors (Lipinski definition) is 0. The van der Waals surface area contributed by atoms with E-state index in [0.717, 1.165) is 4.47 Å². The van der Waals surface area contributed by atoms with Crippen molar-refractivity contribution < 1.29 is 13.7 Å². The van der Waals surface area contributed by atoms with Gasteiger partial charge in [-0.05, 0) is 31.5 Å². The Morgan fingerprint density at radius 1 is 1.40 bits per heavy atom. The number of amides is 1. The number of carbonyl (C=O) groups is 1. The Hall–Kier alpha value is -1.76. The van der Waals surface area contributed by atoms with E-state index in [4.69, 9.17) is 4.52 Å². The molecule has 0 atom stereocenters. The van der Waals surface area contributed by atoms with Crippen LogP contribution < -0.4 is 0 Å². The molecule has 1 aromatic heterocycles. The summed E-state index contributed by atoms with van der Waals surface area (Å²) in [5, 5.41) is 3.91. The molecule has 0 radical (unpaired) electrons. The molecule has 0 aliphatic heterocycles. The van der Waals surface area contributed by atoms with E-state index >= 15 is 0 Å². The Bertz CT molecular complexity index is 718. The molecule has 2 rings (SSSR count). The van der Waals surface area contributed by atoms with Crippen molar-refractivity contribution in [3.05, 3.63) is 45.8 Å². The maximum Gasteiger partial charge on any atom is 0.226 e. The van der Waals surface area contributed by atoms with Crippen LogP contribution in [0, 0.1) is 5.82 Å². The van der Waals surface area contributed by atoms with Crippen molar-refractivity contribution in [1.29, 1.82) is 0 Å². The van der Waals surface area contributed by atoms with E-state index in [1.54, 1.807) is 17.0 Å². The predicted octanol–water partition coefficient (Wildman–Crippen LogP) is 4.47. The zero-order valence-corrected chi connectivity index (χ0v) is 16.3. The maximum absolute atomic E-state index is 13.9. The fourth-order valence-electron chi connectivity index (χ4n) is 2.40. The van der Waals surface area contributed by atoms with Crippen LogP contribution in [0.3, 0.4) is 0 Å². The molecule has 1 amide bonds. The van der Waals surface area contributed by atoms with Crippen LogP contribution in [0.15, 0.2) is 27.2 Å². The Kier molecular flexibility index (Phi) is 7.11. The lowest BCUT2D eigenvalue weighted by Crippen LogP contribution is -2.30. The lowest BCUT2D eigenvalue weighted by Gasteiger charge is -2.21. The summed E-state index contributed by atoms with van der Waals surface area (Å²) < 4.78 is 19.9. The molecule has 0 unspecified atom stereocenters. The van der Waals surface area contributed by atoms with Gasteiger partial charge in [-0.1, -0.05) is 34.9 Å². The molecule has 0 bridgehead atoms. The highest BCUT2D eigenvalue weighted by atomic mass is 79.9. The van der Waals surface area contributed by atoms with Crippen LogP contribution in [0.1, 0.15) is 56.8 Å². The van der Waals surface area contributed by atoms with Crippen LogP contribution >= 0.6 is 15.9 Å². The molecule has 1 aromatic carbocycles. The van der Waals surface area contributed by atoms with Crippen LogP contribution in [0.4, 0.5) is 4.39 Å². The number of rotatable bonds is 8. The Labute approximate surface area is 155 Å². The number of hydrogen-bond acceptors (Lipinski definition) is 4. The number of benzene rings is 1. The van der Waals surface area contributed by atoms with Crippen molar-refractivity contribution in [1.82, 2.24) is 15.0 Å². The van der Waals surface area contributed by atoms with Crippen molar-refractivity contribution in [2.24, 2.45) is 0 Å². The van der Waals surface area contributed by atoms with Gasteiger partial charge in [0.15, 0.2) is 5.82 Å². The standard InChI is InChI=1S/C18H23BrFN3O2/c1-4-23(11-13-10-14(19)8-9-15(13)20)17(24)7-5-6-16-21-18(12(2)3)22-25-16/h8-10,12H,4-7,11H2,1-3H3. The highest BCUT2D eigenvalue weighted by Crippen LogP contribution is 2.18. The normalized spacial score (nSPS) is 11.1. The van der Waals surface area contributed by atoms with Gasteiger partial charge in [0.1, 0.15) is 5.82 Å². The van der Waals surface area contributed by atoms with Gasteiger partial charge in [-0.2, -0.15) is 4.98 Å². The second-order valence-electron chi connectivity index (χ2n) is 6.20.